The lowest BCUT2D eigenvalue weighted by Crippen LogP contribution is -2.32. The second-order valence-corrected chi connectivity index (χ2v) is 8.75. The minimum Gasteiger partial charge on any atom is -0.454 e. The zero-order valence-corrected chi connectivity index (χ0v) is 17.5. The van der Waals surface area contributed by atoms with Crippen LogP contribution in [0, 0.1) is 6.92 Å². The molecule has 0 atom stereocenters. The van der Waals surface area contributed by atoms with E-state index in [0.717, 1.165) is 14.6 Å². The number of rotatable bonds is 5. The van der Waals surface area contributed by atoms with Crippen molar-refractivity contribution < 1.29 is 17.9 Å². The Labute approximate surface area is 174 Å². The van der Waals surface area contributed by atoms with Crippen molar-refractivity contribution >= 4 is 31.6 Å². The van der Waals surface area contributed by atoms with E-state index in [2.05, 4.69) is 30.8 Å². The molecule has 0 bridgehead atoms. The van der Waals surface area contributed by atoms with Gasteiger partial charge in [0.2, 0.25) is 6.79 Å². The summed E-state index contributed by atoms with van der Waals surface area (Å²) in [5, 5.41) is 7.02. The molecule has 4 rings (SSSR count). The molecule has 0 radical (unpaired) electrons. The molecule has 0 unspecified atom stereocenters. The summed E-state index contributed by atoms with van der Waals surface area (Å²) in [6.07, 6.45) is 0. The van der Waals surface area contributed by atoms with Crippen molar-refractivity contribution in [2.75, 3.05) is 11.5 Å². The second kappa shape index (κ2) is 7.48. The van der Waals surface area contributed by atoms with E-state index in [1.54, 1.807) is 30.3 Å². The van der Waals surface area contributed by atoms with Crippen molar-refractivity contribution in [2.24, 2.45) is 0 Å². The van der Waals surface area contributed by atoms with Crippen LogP contribution in [0.4, 0.5) is 5.69 Å². The molecule has 9 nitrogen and oxygen atoms in total. The molecule has 3 aromatic rings. The Morgan fingerprint density at radius 2 is 1.83 bits per heavy atom. The van der Waals surface area contributed by atoms with E-state index in [9.17, 15) is 13.2 Å². The molecule has 1 aliphatic rings. The minimum atomic E-state index is -4.20. The smallest absolute Gasteiger partial charge is 0.297 e. The van der Waals surface area contributed by atoms with Gasteiger partial charge in [0.1, 0.15) is 5.69 Å². The van der Waals surface area contributed by atoms with Gasteiger partial charge in [0.05, 0.1) is 12.2 Å². The lowest BCUT2D eigenvalue weighted by Gasteiger charge is -2.14. The maximum Gasteiger partial charge on any atom is 0.297 e. The van der Waals surface area contributed by atoms with Gasteiger partial charge in [-0.25, -0.2) is 0 Å². The van der Waals surface area contributed by atoms with Gasteiger partial charge in [-0.3, -0.25) is 14.1 Å². The van der Waals surface area contributed by atoms with Crippen LogP contribution in [0.15, 0.2) is 56.9 Å². The zero-order valence-electron chi connectivity index (χ0n) is 15.1. The van der Waals surface area contributed by atoms with E-state index in [0.29, 0.717) is 11.5 Å². The van der Waals surface area contributed by atoms with Gasteiger partial charge in [0.25, 0.3) is 20.7 Å². The SMILES string of the molecule is Cc1nnc(S(=O)(=O)Nc2ccc3c(c2)OCO3)n(Cc2ccc(Br)cc2)c1=O. The average Bonchev–Trinajstić information content (AvgIpc) is 3.14. The van der Waals surface area contributed by atoms with Crippen LogP contribution < -0.4 is 19.8 Å². The van der Waals surface area contributed by atoms with Crippen LogP contribution in [0.3, 0.4) is 0 Å². The molecule has 2 aromatic carbocycles. The van der Waals surface area contributed by atoms with E-state index < -0.39 is 20.7 Å². The molecule has 0 spiro atoms. The topological polar surface area (TPSA) is 112 Å². The fourth-order valence-electron chi connectivity index (χ4n) is 2.77. The summed E-state index contributed by atoms with van der Waals surface area (Å²) in [4.78, 5) is 12.6. The number of nitrogens with zero attached hydrogens (tertiary/aromatic N) is 3. The third kappa shape index (κ3) is 3.96. The number of halogens is 1. The van der Waals surface area contributed by atoms with Crippen LogP contribution in [0.5, 0.6) is 11.5 Å². The van der Waals surface area contributed by atoms with E-state index in [4.69, 9.17) is 9.47 Å². The highest BCUT2D eigenvalue weighted by molar-refractivity contribution is 9.10. The molecular weight excluding hydrogens is 464 g/mol. The fourth-order valence-corrected chi connectivity index (χ4v) is 4.15. The van der Waals surface area contributed by atoms with Crippen LogP contribution in [-0.4, -0.2) is 30.0 Å². The standard InChI is InChI=1S/C18H15BrN4O5S/c1-11-17(24)23(9-12-2-4-13(19)5-3-12)18(21-20-11)29(25,26)22-14-6-7-15-16(8-14)28-10-27-15/h2-8,22H,9-10H2,1H3. The Kier molecular flexibility index (Phi) is 5.01. The zero-order chi connectivity index (χ0) is 20.6. The average molecular weight is 479 g/mol. The number of ether oxygens (including phenoxy) is 2. The van der Waals surface area contributed by atoms with Crippen molar-refractivity contribution in [3.05, 3.63) is 68.5 Å². The highest BCUT2D eigenvalue weighted by Gasteiger charge is 2.25. The molecule has 0 fully saturated rings. The number of hydrogen-bond donors (Lipinski definition) is 1. The minimum absolute atomic E-state index is 0.0276. The highest BCUT2D eigenvalue weighted by Crippen LogP contribution is 2.34. The molecule has 1 aliphatic heterocycles. The van der Waals surface area contributed by atoms with Crippen molar-refractivity contribution in [3.63, 3.8) is 0 Å². The summed E-state index contributed by atoms with van der Waals surface area (Å²) in [7, 11) is -4.20. The van der Waals surface area contributed by atoms with Gasteiger partial charge in [0, 0.05) is 10.5 Å². The highest BCUT2D eigenvalue weighted by atomic mass is 79.9. The molecule has 150 valence electrons. The molecule has 0 saturated carbocycles. The fraction of sp³-hybridized carbons (Fsp3) is 0.167. The molecule has 0 saturated heterocycles. The van der Waals surface area contributed by atoms with Gasteiger partial charge in [-0.1, -0.05) is 28.1 Å². The van der Waals surface area contributed by atoms with Gasteiger partial charge in [-0.15, -0.1) is 10.2 Å². The Morgan fingerprint density at radius 1 is 1.10 bits per heavy atom. The Bertz CT molecular complexity index is 1240. The number of fused-ring (bicyclic) bond motifs is 1. The summed E-state index contributed by atoms with van der Waals surface area (Å²) < 4.78 is 40.8. The first kappa shape index (κ1) is 19.4. The molecule has 0 aliphatic carbocycles. The molecular formula is C18H15BrN4O5S. The number of aromatic nitrogens is 3. The summed E-state index contributed by atoms with van der Waals surface area (Å²) in [5.41, 5.74) is 0.555. The number of benzene rings is 2. The molecule has 2 heterocycles. The lowest BCUT2D eigenvalue weighted by molar-refractivity contribution is 0.174. The Balaban J connectivity index is 1.72. The van der Waals surface area contributed by atoms with Crippen LogP contribution in [-0.2, 0) is 16.6 Å². The van der Waals surface area contributed by atoms with Gasteiger partial charge in [-0.2, -0.15) is 8.42 Å². The molecule has 1 aromatic heterocycles. The molecule has 1 N–H and O–H groups in total. The summed E-state index contributed by atoms with van der Waals surface area (Å²) in [5.74, 6) is 0.947. The molecule has 0 amide bonds. The van der Waals surface area contributed by atoms with E-state index in [1.807, 2.05) is 0 Å². The number of anilines is 1. The summed E-state index contributed by atoms with van der Waals surface area (Å²) in [6.45, 7) is 1.58. The van der Waals surface area contributed by atoms with Crippen LogP contribution in [0.25, 0.3) is 0 Å². The largest absolute Gasteiger partial charge is 0.454 e. The van der Waals surface area contributed by atoms with Gasteiger partial charge in [-0.05, 0) is 36.8 Å². The predicted octanol–water partition coefficient (Wildman–Crippen LogP) is 2.29. The van der Waals surface area contributed by atoms with E-state index in [1.165, 1.54) is 19.1 Å². The number of nitrogens with one attached hydrogen (secondary N) is 1. The van der Waals surface area contributed by atoms with Crippen LogP contribution >= 0.6 is 15.9 Å². The first-order valence-corrected chi connectivity index (χ1v) is 10.7. The number of hydrogen-bond acceptors (Lipinski definition) is 7. The number of aryl methyl sites for hydroxylation is 1. The van der Waals surface area contributed by atoms with Crippen molar-refractivity contribution in [3.8, 4) is 11.5 Å². The Hall–Kier alpha value is -2.92. The van der Waals surface area contributed by atoms with Crippen molar-refractivity contribution in [2.45, 2.75) is 18.6 Å². The van der Waals surface area contributed by atoms with E-state index >= 15 is 0 Å². The maximum atomic E-state index is 13.0. The van der Waals surface area contributed by atoms with Crippen molar-refractivity contribution in [1.29, 1.82) is 0 Å². The first-order chi connectivity index (χ1) is 13.8. The maximum absolute atomic E-state index is 13.0. The lowest BCUT2D eigenvalue weighted by atomic mass is 10.2. The third-order valence-corrected chi connectivity index (χ3v) is 6.01. The van der Waals surface area contributed by atoms with Gasteiger partial charge >= 0.3 is 0 Å². The number of sulfonamides is 1. The van der Waals surface area contributed by atoms with Gasteiger partial charge in [0.15, 0.2) is 11.5 Å². The predicted molar refractivity (Wildman–Crippen MR) is 108 cm³/mol. The first-order valence-electron chi connectivity index (χ1n) is 8.44. The second-order valence-electron chi connectivity index (χ2n) is 6.26. The molecule has 11 heteroatoms. The van der Waals surface area contributed by atoms with Crippen LogP contribution in [0.1, 0.15) is 11.3 Å². The summed E-state index contributed by atoms with van der Waals surface area (Å²) in [6, 6.07) is 11.8. The van der Waals surface area contributed by atoms with Crippen LogP contribution in [0.2, 0.25) is 0 Å². The monoisotopic (exact) mass is 478 g/mol. The summed E-state index contributed by atoms with van der Waals surface area (Å²) >= 11 is 3.35. The quantitative estimate of drug-likeness (QED) is 0.598. The normalized spacial score (nSPS) is 12.8. The Morgan fingerprint density at radius 3 is 2.59 bits per heavy atom. The third-order valence-electron chi connectivity index (χ3n) is 4.19. The van der Waals surface area contributed by atoms with E-state index in [-0.39, 0.29) is 24.7 Å². The molecule has 29 heavy (non-hydrogen) atoms. The van der Waals surface area contributed by atoms with Gasteiger partial charge < -0.3 is 9.47 Å². The van der Waals surface area contributed by atoms with Crippen molar-refractivity contribution in [1.82, 2.24) is 14.8 Å².